The third kappa shape index (κ3) is 2.01. The average molecular weight is 199 g/mol. The Morgan fingerprint density at radius 2 is 2.08 bits per heavy atom. The van der Waals surface area contributed by atoms with Crippen LogP contribution in [0.5, 0.6) is 5.75 Å². The maximum atomic E-state index is 11.1. The van der Waals surface area contributed by atoms with Crippen molar-refractivity contribution >= 4 is 17.4 Å². The van der Waals surface area contributed by atoms with E-state index in [1.54, 1.807) is 12.1 Å². The smallest absolute Gasteiger partial charge is 0.161 e. The summed E-state index contributed by atoms with van der Waals surface area (Å²) >= 11 is 5.93. The Bertz CT molecular complexity index is 345. The first-order chi connectivity index (χ1) is 6.06. The standard InChI is InChI=1S/C10H11ClO2/c1-6-4-8(7(2)12)10(11)9(5-6)13-3/h4-5H,1-3H3. The van der Waals surface area contributed by atoms with Crippen LogP contribution in [0, 0.1) is 6.92 Å². The number of halogens is 1. The lowest BCUT2D eigenvalue weighted by Crippen LogP contribution is -1.97. The van der Waals surface area contributed by atoms with Crippen molar-refractivity contribution in [2.24, 2.45) is 0 Å². The van der Waals surface area contributed by atoms with E-state index in [4.69, 9.17) is 16.3 Å². The van der Waals surface area contributed by atoms with Gasteiger partial charge in [0.05, 0.1) is 12.1 Å². The quantitative estimate of drug-likeness (QED) is 0.684. The number of carbonyl (C=O) groups excluding carboxylic acids is 1. The molecule has 13 heavy (non-hydrogen) atoms. The summed E-state index contributed by atoms with van der Waals surface area (Å²) in [5.41, 5.74) is 1.48. The van der Waals surface area contributed by atoms with E-state index < -0.39 is 0 Å². The summed E-state index contributed by atoms with van der Waals surface area (Å²) in [6, 6.07) is 3.56. The molecule has 0 aliphatic heterocycles. The Morgan fingerprint density at radius 3 is 2.54 bits per heavy atom. The Morgan fingerprint density at radius 1 is 1.46 bits per heavy atom. The number of ketones is 1. The van der Waals surface area contributed by atoms with Crippen LogP contribution in [0.3, 0.4) is 0 Å². The highest BCUT2D eigenvalue weighted by molar-refractivity contribution is 6.35. The van der Waals surface area contributed by atoms with Gasteiger partial charge in [-0.05, 0) is 31.5 Å². The lowest BCUT2D eigenvalue weighted by atomic mass is 10.1. The van der Waals surface area contributed by atoms with Gasteiger partial charge in [-0.1, -0.05) is 11.6 Å². The van der Waals surface area contributed by atoms with Gasteiger partial charge in [-0.25, -0.2) is 0 Å². The lowest BCUT2D eigenvalue weighted by molar-refractivity contribution is 0.101. The van der Waals surface area contributed by atoms with E-state index in [-0.39, 0.29) is 5.78 Å². The van der Waals surface area contributed by atoms with Gasteiger partial charge >= 0.3 is 0 Å². The van der Waals surface area contributed by atoms with E-state index >= 15 is 0 Å². The van der Waals surface area contributed by atoms with Crippen LogP contribution < -0.4 is 4.74 Å². The molecule has 2 nitrogen and oxygen atoms in total. The first-order valence-corrected chi connectivity index (χ1v) is 4.29. The van der Waals surface area contributed by atoms with Crippen molar-refractivity contribution in [3.8, 4) is 5.75 Å². The minimum atomic E-state index is -0.0491. The Balaban J connectivity index is 3.35. The second-order valence-corrected chi connectivity index (χ2v) is 3.26. The first kappa shape index (κ1) is 10.1. The summed E-state index contributed by atoms with van der Waals surface area (Å²) in [6.07, 6.45) is 0. The molecule has 0 heterocycles. The maximum absolute atomic E-state index is 11.1. The SMILES string of the molecule is COc1cc(C)cc(C(C)=O)c1Cl. The minimum Gasteiger partial charge on any atom is -0.495 e. The summed E-state index contributed by atoms with van der Waals surface area (Å²) in [6.45, 7) is 3.38. The summed E-state index contributed by atoms with van der Waals surface area (Å²) < 4.78 is 5.03. The molecular weight excluding hydrogens is 188 g/mol. The Labute approximate surface area is 82.5 Å². The van der Waals surface area contributed by atoms with Crippen LogP contribution in [0.4, 0.5) is 0 Å². The van der Waals surface area contributed by atoms with Crippen molar-refractivity contribution in [1.29, 1.82) is 0 Å². The van der Waals surface area contributed by atoms with Crippen molar-refractivity contribution in [3.05, 3.63) is 28.3 Å². The largest absolute Gasteiger partial charge is 0.495 e. The van der Waals surface area contributed by atoms with E-state index in [2.05, 4.69) is 0 Å². The monoisotopic (exact) mass is 198 g/mol. The van der Waals surface area contributed by atoms with E-state index in [0.29, 0.717) is 16.3 Å². The van der Waals surface area contributed by atoms with E-state index in [1.807, 2.05) is 6.92 Å². The van der Waals surface area contributed by atoms with Crippen LogP contribution in [0.15, 0.2) is 12.1 Å². The zero-order valence-electron chi connectivity index (χ0n) is 7.85. The lowest BCUT2D eigenvalue weighted by Gasteiger charge is -2.07. The number of ether oxygens (including phenoxy) is 1. The molecule has 0 atom stereocenters. The molecule has 3 heteroatoms. The number of methoxy groups -OCH3 is 1. The molecule has 0 N–H and O–H groups in total. The molecule has 0 radical (unpaired) electrons. The van der Waals surface area contributed by atoms with Crippen LogP contribution >= 0.6 is 11.6 Å². The summed E-state index contributed by atoms with van der Waals surface area (Å²) in [5.74, 6) is 0.499. The molecule has 1 aromatic carbocycles. The Kier molecular flexibility index (Phi) is 2.94. The molecule has 0 saturated carbocycles. The van der Waals surface area contributed by atoms with Crippen molar-refractivity contribution in [2.75, 3.05) is 7.11 Å². The van der Waals surface area contributed by atoms with Gasteiger partial charge in [0.1, 0.15) is 5.75 Å². The van der Waals surface area contributed by atoms with Crippen LogP contribution in [-0.2, 0) is 0 Å². The molecule has 0 spiro atoms. The highest BCUT2D eigenvalue weighted by Gasteiger charge is 2.11. The van der Waals surface area contributed by atoms with Crippen LogP contribution in [0.2, 0.25) is 5.02 Å². The number of hydrogen-bond donors (Lipinski definition) is 0. The fourth-order valence-electron chi connectivity index (χ4n) is 1.14. The van der Waals surface area contributed by atoms with Gasteiger partial charge in [0, 0.05) is 5.56 Å². The number of benzene rings is 1. The summed E-state index contributed by atoms with van der Waals surface area (Å²) in [4.78, 5) is 11.1. The van der Waals surface area contributed by atoms with E-state index in [0.717, 1.165) is 5.56 Å². The van der Waals surface area contributed by atoms with Gasteiger partial charge < -0.3 is 4.74 Å². The average Bonchev–Trinajstić information content (AvgIpc) is 2.08. The third-order valence-electron chi connectivity index (χ3n) is 1.78. The zero-order valence-corrected chi connectivity index (χ0v) is 8.61. The first-order valence-electron chi connectivity index (χ1n) is 3.91. The molecule has 0 unspecified atom stereocenters. The van der Waals surface area contributed by atoms with Crippen molar-refractivity contribution in [2.45, 2.75) is 13.8 Å². The predicted octanol–water partition coefficient (Wildman–Crippen LogP) is 2.86. The van der Waals surface area contributed by atoms with Gasteiger partial charge in [-0.15, -0.1) is 0 Å². The third-order valence-corrected chi connectivity index (χ3v) is 2.17. The molecule has 70 valence electrons. The molecular formula is C10H11ClO2. The molecule has 0 fully saturated rings. The number of aryl methyl sites for hydroxylation is 1. The van der Waals surface area contributed by atoms with E-state index in [9.17, 15) is 4.79 Å². The molecule has 0 aliphatic rings. The molecule has 0 aliphatic carbocycles. The normalized spacial score (nSPS) is 9.85. The predicted molar refractivity (Wildman–Crippen MR) is 52.7 cm³/mol. The fourth-order valence-corrected chi connectivity index (χ4v) is 1.46. The number of hydrogen-bond acceptors (Lipinski definition) is 2. The number of Topliss-reactive ketones (excluding diaryl/α,β-unsaturated/α-hetero) is 1. The van der Waals surface area contributed by atoms with Crippen molar-refractivity contribution in [3.63, 3.8) is 0 Å². The molecule has 0 bridgehead atoms. The molecule has 0 saturated heterocycles. The van der Waals surface area contributed by atoms with Crippen LogP contribution in [0.25, 0.3) is 0 Å². The topological polar surface area (TPSA) is 26.3 Å². The summed E-state index contributed by atoms with van der Waals surface area (Å²) in [7, 11) is 1.53. The number of rotatable bonds is 2. The second kappa shape index (κ2) is 3.79. The van der Waals surface area contributed by atoms with Gasteiger partial charge in [-0.3, -0.25) is 4.79 Å². The molecule has 1 aromatic rings. The van der Waals surface area contributed by atoms with Crippen molar-refractivity contribution in [1.82, 2.24) is 0 Å². The highest BCUT2D eigenvalue weighted by atomic mass is 35.5. The molecule has 0 amide bonds. The minimum absolute atomic E-state index is 0.0491. The van der Waals surface area contributed by atoms with Crippen molar-refractivity contribution < 1.29 is 9.53 Å². The van der Waals surface area contributed by atoms with Gasteiger partial charge in [0.15, 0.2) is 5.78 Å². The zero-order chi connectivity index (χ0) is 10.0. The van der Waals surface area contributed by atoms with E-state index in [1.165, 1.54) is 14.0 Å². The Hall–Kier alpha value is -1.02. The van der Waals surface area contributed by atoms with Crippen LogP contribution in [0.1, 0.15) is 22.8 Å². The summed E-state index contributed by atoms with van der Waals surface area (Å²) in [5, 5.41) is 0.389. The van der Waals surface area contributed by atoms with Crippen LogP contribution in [-0.4, -0.2) is 12.9 Å². The fraction of sp³-hybridized carbons (Fsp3) is 0.300. The molecule has 0 aromatic heterocycles. The van der Waals surface area contributed by atoms with Gasteiger partial charge in [0.2, 0.25) is 0 Å². The second-order valence-electron chi connectivity index (χ2n) is 2.88. The van der Waals surface area contributed by atoms with Gasteiger partial charge in [-0.2, -0.15) is 0 Å². The molecule has 1 rings (SSSR count). The maximum Gasteiger partial charge on any atom is 0.161 e. The highest BCUT2D eigenvalue weighted by Crippen LogP contribution is 2.29. The van der Waals surface area contributed by atoms with Gasteiger partial charge in [0.25, 0.3) is 0 Å². The number of carbonyl (C=O) groups is 1.